The molecule has 0 atom stereocenters. The molecule has 0 aliphatic heterocycles. The molecule has 118 valence electrons. The van der Waals surface area contributed by atoms with Gasteiger partial charge < -0.3 is 14.6 Å². The molecule has 0 aliphatic rings. The van der Waals surface area contributed by atoms with Crippen molar-refractivity contribution < 1.29 is 19.4 Å². The van der Waals surface area contributed by atoms with Crippen molar-refractivity contribution >= 4 is 11.9 Å². The maximum absolute atomic E-state index is 12.2. The third-order valence-corrected chi connectivity index (χ3v) is 2.67. The number of aromatic nitrogens is 1. The Hall–Kier alpha value is -1.66. The Bertz CT molecular complexity index is 483. The smallest absolute Gasteiger partial charge is 0.415 e. The number of nitrogens with zero attached hydrogens (tertiary/aromatic N) is 2. The molecule has 0 saturated heterocycles. The van der Waals surface area contributed by atoms with Crippen molar-refractivity contribution in [3.63, 3.8) is 0 Å². The Labute approximate surface area is 125 Å². The lowest BCUT2D eigenvalue weighted by atomic mass is 10.2. The summed E-state index contributed by atoms with van der Waals surface area (Å²) in [6.45, 7) is 5.78. The number of rotatable bonds is 5. The van der Waals surface area contributed by atoms with Gasteiger partial charge in [0.05, 0.1) is 6.61 Å². The lowest BCUT2D eigenvalue weighted by Crippen LogP contribution is -2.35. The van der Waals surface area contributed by atoms with E-state index in [2.05, 4.69) is 4.98 Å². The Morgan fingerprint density at radius 3 is 2.57 bits per heavy atom. The number of ether oxygens (including phenoxy) is 2. The van der Waals surface area contributed by atoms with Gasteiger partial charge in [0, 0.05) is 38.4 Å². The van der Waals surface area contributed by atoms with Gasteiger partial charge >= 0.3 is 6.09 Å². The summed E-state index contributed by atoms with van der Waals surface area (Å²) in [6, 6.07) is 3.66. The second kappa shape index (κ2) is 7.38. The Balaban J connectivity index is 3.06. The molecule has 6 heteroatoms. The van der Waals surface area contributed by atoms with E-state index in [1.165, 1.54) is 4.90 Å². The number of hydrogen-bond acceptors (Lipinski definition) is 5. The van der Waals surface area contributed by atoms with Crippen molar-refractivity contribution in [2.45, 2.75) is 39.4 Å². The van der Waals surface area contributed by atoms with Crippen molar-refractivity contribution in [1.29, 1.82) is 0 Å². The quantitative estimate of drug-likeness (QED) is 0.901. The molecule has 21 heavy (non-hydrogen) atoms. The molecule has 1 aromatic heterocycles. The number of anilines is 1. The lowest BCUT2D eigenvalue weighted by molar-refractivity contribution is 0.0587. The minimum Gasteiger partial charge on any atom is -0.443 e. The lowest BCUT2D eigenvalue weighted by Gasteiger charge is -2.25. The van der Waals surface area contributed by atoms with Crippen LogP contribution in [0.4, 0.5) is 10.6 Å². The summed E-state index contributed by atoms with van der Waals surface area (Å²) in [7, 11) is 3.19. The highest BCUT2D eigenvalue weighted by Gasteiger charge is 2.23. The third kappa shape index (κ3) is 5.32. The summed E-state index contributed by atoms with van der Waals surface area (Å²) in [5.74, 6) is 0.483. The van der Waals surface area contributed by atoms with Crippen molar-refractivity contribution in [3.8, 4) is 0 Å². The first-order valence-electron chi connectivity index (χ1n) is 6.83. The average molecular weight is 296 g/mol. The fraction of sp³-hybridized carbons (Fsp3) is 0.600. The predicted molar refractivity (Wildman–Crippen MR) is 80.4 cm³/mol. The van der Waals surface area contributed by atoms with Crippen LogP contribution in [-0.2, 0) is 22.5 Å². The van der Waals surface area contributed by atoms with Crippen LogP contribution >= 0.6 is 0 Å². The second-order valence-electron chi connectivity index (χ2n) is 5.73. The Morgan fingerprint density at radius 2 is 2.05 bits per heavy atom. The highest BCUT2D eigenvalue weighted by atomic mass is 16.6. The number of methoxy groups -OCH3 is 1. The van der Waals surface area contributed by atoms with Crippen LogP contribution in [0, 0.1) is 0 Å². The van der Waals surface area contributed by atoms with Gasteiger partial charge in [0.2, 0.25) is 0 Å². The van der Waals surface area contributed by atoms with Crippen molar-refractivity contribution in [2.75, 3.05) is 25.7 Å². The summed E-state index contributed by atoms with van der Waals surface area (Å²) >= 11 is 0. The van der Waals surface area contributed by atoms with Crippen LogP contribution in [0.25, 0.3) is 0 Å². The fourth-order valence-electron chi connectivity index (χ4n) is 1.75. The van der Waals surface area contributed by atoms with E-state index < -0.39 is 11.7 Å². The average Bonchev–Trinajstić information content (AvgIpc) is 2.38. The summed E-state index contributed by atoms with van der Waals surface area (Å²) < 4.78 is 10.5. The highest BCUT2D eigenvalue weighted by Crippen LogP contribution is 2.21. The zero-order chi connectivity index (χ0) is 16.0. The van der Waals surface area contributed by atoms with Gasteiger partial charge in [-0.15, -0.1) is 0 Å². The molecule has 0 bridgehead atoms. The fourth-order valence-corrected chi connectivity index (χ4v) is 1.75. The molecule has 0 aliphatic carbocycles. The SMILES string of the molecule is COCc1ccc(CCO)nc1N(C)C(=O)OC(C)(C)C. The number of carbonyl (C=O) groups is 1. The van der Waals surface area contributed by atoms with E-state index in [-0.39, 0.29) is 6.61 Å². The monoisotopic (exact) mass is 296 g/mol. The molecule has 0 unspecified atom stereocenters. The van der Waals surface area contributed by atoms with Crippen LogP contribution in [0.15, 0.2) is 12.1 Å². The maximum atomic E-state index is 12.2. The van der Waals surface area contributed by atoms with E-state index in [1.807, 2.05) is 32.9 Å². The van der Waals surface area contributed by atoms with Crippen LogP contribution in [0.5, 0.6) is 0 Å². The first-order valence-corrected chi connectivity index (χ1v) is 6.83. The number of amides is 1. The normalized spacial score (nSPS) is 11.3. The maximum Gasteiger partial charge on any atom is 0.415 e. The van der Waals surface area contributed by atoms with Gasteiger partial charge in [0.25, 0.3) is 0 Å². The minimum absolute atomic E-state index is 0.00617. The van der Waals surface area contributed by atoms with Gasteiger partial charge in [0.1, 0.15) is 11.4 Å². The third-order valence-electron chi connectivity index (χ3n) is 2.67. The molecule has 1 rings (SSSR count). The largest absolute Gasteiger partial charge is 0.443 e. The summed E-state index contributed by atoms with van der Waals surface area (Å²) in [4.78, 5) is 17.9. The number of carbonyl (C=O) groups excluding carboxylic acids is 1. The van der Waals surface area contributed by atoms with E-state index >= 15 is 0 Å². The first-order chi connectivity index (χ1) is 9.78. The Kier molecular flexibility index (Phi) is 6.11. The molecule has 0 spiro atoms. The van der Waals surface area contributed by atoms with Gasteiger partial charge in [-0.2, -0.15) is 0 Å². The van der Waals surface area contributed by atoms with Gasteiger partial charge in [0.15, 0.2) is 0 Å². The van der Waals surface area contributed by atoms with E-state index in [0.717, 1.165) is 5.56 Å². The molecule has 6 nitrogen and oxygen atoms in total. The molecular formula is C15H24N2O4. The van der Waals surface area contributed by atoms with Gasteiger partial charge in [-0.1, -0.05) is 6.07 Å². The van der Waals surface area contributed by atoms with Crippen molar-refractivity contribution in [3.05, 3.63) is 23.4 Å². The summed E-state index contributed by atoms with van der Waals surface area (Å²) in [5.41, 5.74) is 0.922. The molecular weight excluding hydrogens is 272 g/mol. The molecule has 1 N–H and O–H groups in total. The predicted octanol–water partition coefficient (Wildman–Crippen LogP) is 2.13. The van der Waals surface area contributed by atoms with Crippen molar-refractivity contribution in [1.82, 2.24) is 4.98 Å². The van der Waals surface area contributed by atoms with E-state index in [0.29, 0.717) is 24.5 Å². The first kappa shape index (κ1) is 17.4. The molecule has 1 heterocycles. The molecule has 1 aromatic rings. The molecule has 0 aromatic carbocycles. The van der Waals surface area contributed by atoms with Crippen molar-refractivity contribution in [2.24, 2.45) is 0 Å². The molecule has 0 saturated carbocycles. The topological polar surface area (TPSA) is 71.9 Å². The second-order valence-corrected chi connectivity index (χ2v) is 5.73. The molecule has 1 amide bonds. The van der Waals surface area contributed by atoms with Gasteiger partial charge in [-0.05, 0) is 26.8 Å². The zero-order valence-corrected chi connectivity index (χ0v) is 13.3. The number of hydrogen-bond donors (Lipinski definition) is 1. The van der Waals surface area contributed by atoms with E-state index in [4.69, 9.17) is 14.6 Å². The van der Waals surface area contributed by atoms with Gasteiger partial charge in [-0.3, -0.25) is 4.90 Å². The van der Waals surface area contributed by atoms with Crippen LogP contribution in [0.3, 0.4) is 0 Å². The number of aliphatic hydroxyl groups is 1. The van der Waals surface area contributed by atoms with Crippen LogP contribution < -0.4 is 4.90 Å². The Morgan fingerprint density at radius 1 is 1.38 bits per heavy atom. The standard InChI is InChI=1S/C15H24N2O4/c1-15(2,3)21-14(19)17(4)13-11(10-20-5)6-7-12(16-13)8-9-18/h6-7,18H,8-10H2,1-5H3. The minimum atomic E-state index is -0.574. The van der Waals surface area contributed by atoms with Crippen LogP contribution in [-0.4, -0.2) is 42.5 Å². The number of aliphatic hydroxyl groups excluding tert-OH is 1. The van der Waals surface area contributed by atoms with Gasteiger partial charge in [-0.25, -0.2) is 9.78 Å². The number of pyridine rings is 1. The highest BCUT2D eigenvalue weighted by molar-refractivity contribution is 5.86. The van der Waals surface area contributed by atoms with E-state index in [1.54, 1.807) is 14.2 Å². The van der Waals surface area contributed by atoms with Crippen LogP contribution in [0.2, 0.25) is 0 Å². The summed E-state index contributed by atoms with van der Waals surface area (Å²) in [6.07, 6.45) is -0.0453. The summed E-state index contributed by atoms with van der Waals surface area (Å²) in [5, 5.41) is 9.01. The van der Waals surface area contributed by atoms with Crippen LogP contribution in [0.1, 0.15) is 32.0 Å². The van der Waals surface area contributed by atoms with E-state index in [9.17, 15) is 4.79 Å². The molecule has 0 fully saturated rings. The molecule has 0 radical (unpaired) electrons. The zero-order valence-electron chi connectivity index (χ0n) is 13.3.